The Hall–Kier alpha value is -4.32. The summed E-state index contributed by atoms with van der Waals surface area (Å²) in [6.45, 7) is 0. The summed E-state index contributed by atoms with van der Waals surface area (Å²) in [4.78, 5) is 35.8. The number of aromatic nitrogens is 3. The highest BCUT2D eigenvalue weighted by molar-refractivity contribution is 9.10. The zero-order chi connectivity index (χ0) is 26.2. The van der Waals surface area contributed by atoms with Gasteiger partial charge in [0.05, 0.1) is 0 Å². The molecule has 0 saturated carbocycles. The van der Waals surface area contributed by atoms with Gasteiger partial charge < -0.3 is 25.4 Å². The molecule has 0 atom stereocenters. The van der Waals surface area contributed by atoms with Gasteiger partial charge in [-0.2, -0.15) is 9.97 Å². The van der Waals surface area contributed by atoms with E-state index in [1.807, 2.05) is 24.3 Å². The monoisotopic (exact) mass is 556 g/mol. The Balaban J connectivity index is 0.000000454. The second-order valence-corrected chi connectivity index (χ2v) is 8.23. The Labute approximate surface area is 214 Å². The molecule has 0 fully saturated rings. The van der Waals surface area contributed by atoms with E-state index in [0.29, 0.717) is 22.2 Å². The maximum absolute atomic E-state index is 13.1. The molecule has 0 bridgehead atoms. The maximum atomic E-state index is 13.1. The Morgan fingerprint density at radius 2 is 1.75 bits per heavy atom. The Kier molecular flexibility index (Phi) is 8.68. The smallest absolute Gasteiger partial charge is 0.449 e. The van der Waals surface area contributed by atoms with Gasteiger partial charge in [0.15, 0.2) is 5.65 Å². The van der Waals surface area contributed by atoms with Crippen molar-refractivity contribution in [2.24, 2.45) is 0 Å². The largest absolute Gasteiger partial charge is 0.512 e. The van der Waals surface area contributed by atoms with Crippen LogP contribution in [0.15, 0.2) is 65.3 Å². The zero-order valence-corrected chi connectivity index (χ0v) is 21.1. The van der Waals surface area contributed by atoms with E-state index in [9.17, 15) is 14.0 Å². The van der Waals surface area contributed by atoms with E-state index in [-0.39, 0.29) is 29.3 Å². The molecule has 10 nitrogen and oxygen atoms in total. The predicted molar refractivity (Wildman–Crippen MR) is 137 cm³/mol. The van der Waals surface area contributed by atoms with E-state index in [4.69, 9.17) is 9.84 Å². The lowest BCUT2D eigenvalue weighted by molar-refractivity contribution is 0.143. The van der Waals surface area contributed by atoms with Crippen molar-refractivity contribution in [1.29, 1.82) is 0 Å². The van der Waals surface area contributed by atoms with Gasteiger partial charge in [-0.05, 0) is 36.4 Å². The quantitative estimate of drug-likeness (QED) is 0.289. The fourth-order valence-electron chi connectivity index (χ4n) is 2.93. The highest BCUT2D eigenvalue weighted by atomic mass is 79.9. The lowest BCUT2D eigenvalue weighted by Gasteiger charge is -2.11. The molecule has 0 aliphatic carbocycles. The summed E-state index contributed by atoms with van der Waals surface area (Å²) in [6.07, 6.45) is 0.0791. The van der Waals surface area contributed by atoms with E-state index in [1.54, 1.807) is 45.5 Å². The minimum atomic E-state index is -1.48. The number of carbonyl (C=O) groups is 2. The number of benzene rings is 2. The second-order valence-electron chi connectivity index (χ2n) is 7.38. The molecule has 0 saturated heterocycles. The molecule has 4 aromatic rings. The molecular formula is C24H22BrFN6O4. The third kappa shape index (κ3) is 6.85. The molecule has 0 radical (unpaired) electrons. The number of anilines is 2. The average Bonchev–Trinajstić information content (AvgIpc) is 2.85. The number of hydrogen-bond donors (Lipinski definition) is 3. The Morgan fingerprint density at radius 1 is 1.06 bits per heavy atom. The third-order valence-electron chi connectivity index (χ3n) is 4.60. The highest BCUT2D eigenvalue weighted by Crippen LogP contribution is 2.36. The molecule has 0 spiro atoms. The number of fused-ring (bicyclic) bond motifs is 1. The number of halogens is 2. The van der Waals surface area contributed by atoms with Crippen LogP contribution in [0.2, 0.25) is 0 Å². The van der Waals surface area contributed by atoms with Crippen LogP contribution in [-0.4, -0.2) is 58.3 Å². The number of nitrogens with one attached hydrogen (secondary N) is 2. The zero-order valence-electron chi connectivity index (χ0n) is 19.5. The van der Waals surface area contributed by atoms with Crippen LogP contribution in [0.3, 0.4) is 0 Å². The Morgan fingerprint density at radius 3 is 2.33 bits per heavy atom. The second kappa shape index (κ2) is 11.9. The Bertz CT molecular complexity index is 1390. The number of nitrogens with zero attached hydrogens (tertiary/aromatic N) is 4. The standard InChI is InChI=1S/C20H12BrFN4O3.C4H10N2O/c21-16-4-2-1-3-14(16)15-9-11-10-23-19(24-13-7-5-12(22)6-8-13)26-17(11)25-18(15)29-20(27)28;1-5-4(7)6(2)3/h1-10H,(H,27,28)(H,23,24,25,26);1-3H3,(H,5,7). The van der Waals surface area contributed by atoms with Gasteiger partial charge in [0.1, 0.15) is 5.82 Å². The summed E-state index contributed by atoms with van der Waals surface area (Å²) in [6, 6.07) is 14.7. The first-order chi connectivity index (χ1) is 17.2. The molecule has 12 heteroatoms. The summed E-state index contributed by atoms with van der Waals surface area (Å²) in [7, 11) is 4.99. The van der Waals surface area contributed by atoms with Crippen molar-refractivity contribution in [1.82, 2.24) is 25.2 Å². The SMILES string of the molecule is CNC(=O)N(C)C.O=C(O)Oc1nc2nc(Nc3ccc(F)cc3)ncc2cc1-c1ccccc1Br. The molecule has 4 rings (SSSR count). The van der Waals surface area contributed by atoms with E-state index in [2.05, 4.69) is 41.5 Å². The molecule has 3 N–H and O–H groups in total. The first-order valence-electron chi connectivity index (χ1n) is 10.4. The number of hydrogen-bond acceptors (Lipinski definition) is 7. The molecule has 0 aliphatic rings. The molecule has 0 aliphatic heterocycles. The van der Waals surface area contributed by atoms with E-state index in [0.717, 1.165) is 4.47 Å². The lowest BCUT2D eigenvalue weighted by Crippen LogP contribution is -2.31. The van der Waals surface area contributed by atoms with Crippen LogP contribution in [0.1, 0.15) is 0 Å². The van der Waals surface area contributed by atoms with Crippen LogP contribution < -0.4 is 15.4 Å². The van der Waals surface area contributed by atoms with Gasteiger partial charge in [-0.3, -0.25) is 0 Å². The minimum absolute atomic E-state index is 0.0694. The first-order valence-corrected chi connectivity index (χ1v) is 11.2. The van der Waals surface area contributed by atoms with Crippen LogP contribution in [0.4, 0.5) is 25.6 Å². The van der Waals surface area contributed by atoms with Crippen molar-refractivity contribution in [3.8, 4) is 17.0 Å². The van der Waals surface area contributed by atoms with E-state index >= 15 is 0 Å². The fraction of sp³-hybridized carbons (Fsp3) is 0.125. The van der Waals surface area contributed by atoms with Crippen molar-refractivity contribution in [3.63, 3.8) is 0 Å². The van der Waals surface area contributed by atoms with Crippen molar-refractivity contribution < 1.29 is 23.8 Å². The summed E-state index contributed by atoms with van der Waals surface area (Å²) >= 11 is 3.45. The van der Waals surface area contributed by atoms with Gasteiger partial charge in [0.2, 0.25) is 11.8 Å². The molecule has 2 aromatic heterocycles. The topological polar surface area (TPSA) is 130 Å². The average molecular weight is 557 g/mol. The summed E-state index contributed by atoms with van der Waals surface area (Å²) in [5.41, 5.74) is 2.04. The molecule has 2 heterocycles. The molecule has 186 valence electrons. The van der Waals surface area contributed by atoms with Crippen molar-refractivity contribution in [2.75, 3.05) is 26.5 Å². The number of rotatable bonds is 4. The van der Waals surface area contributed by atoms with Crippen LogP contribution in [-0.2, 0) is 0 Å². The van der Waals surface area contributed by atoms with Gasteiger partial charge in [0, 0.05) is 54.0 Å². The summed E-state index contributed by atoms with van der Waals surface area (Å²) in [5.74, 6) is -0.221. The van der Waals surface area contributed by atoms with Crippen LogP contribution in [0.25, 0.3) is 22.2 Å². The minimum Gasteiger partial charge on any atom is -0.449 e. The van der Waals surface area contributed by atoms with Crippen LogP contribution in [0.5, 0.6) is 5.88 Å². The van der Waals surface area contributed by atoms with Gasteiger partial charge in [-0.15, -0.1) is 0 Å². The van der Waals surface area contributed by atoms with Crippen molar-refractivity contribution >= 4 is 50.8 Å². The van der Waals surface area contributed by atoms with Gasteiger partial charge in [-0.1, -0.05) is 34.1 Å². The number of ether oxygens (including phenoxy) is 1. The van der Waals surface area contributed by atoms with Gasteiger partial charge >= 0.3 is 12.2 Å². The molecular weight excluding hydrogens is 535 g/mol. The number of pyridine rings is 1. The fourth-order valence-corrected chi connectivity index (χ4v) is 3.42. The summed E-state index contributed by atoms with van der Waals surface area (Å²) in [5, 5.41) is 15.1. The number of carboxylic acid groups (broad SMARTS) is 1. The molecule has 36 heavy (non-hydrogen) atoms. The van der Waals surface area contributed by atoms with Crippen LogP contribution >= 0.6 is 15.9 Å². The number of urea groups is 1. The predicted octanol–water partition coefficient (Wildman–Crippen LogP) is 5.28. The number of amides is 2. The number of carbonyl (C=O) groups excluding carboxylic acids is 1. The lowest BCUT2D eigenvalue weighted by atomic mass is 10.1. The molecule has 0 unspecified atom stereocenters. The van der Waals surface area contributed by atoms with E-state index in [1.165, 1.54) is 17.0 Å². The van der Waals surface area contributed by atoms with Crippen molar-refractivity contribution in [2.45, 2.75) is 0 Å². The third-order valence-corrected chi connectivity index (χ3v) is 5.29. The van der Waals surface area contributed by atoms with Crippen molar-refractivity contribution in [3.05, 3.63) is 71.1 Å². The van der Waals surface area contributed by atoms with Gasteiger partial charge in [0.25, 0.3) is 0 Å². The summed E-state index contributed by atoms with van der Waals surface area (Å²) < 4.78 is 18.7. The van der Waals surface area contributed by atoms with Gasteiger partial charge in [-0.25, -0.2) is 19.0 Å². The van der Waals surface area contributed by atoms with Crippen LogP contribution in [0, 0.1) is 5.82 Å². The van der Waals surface area contributed by atoms with E-state index < -0.39 is 6.16 Å². The maximum Gasteiger partial charge on any atom is 0.512 e. The molecule has 2 aromatic carbocycles. The first kappa shape index (κ1) is 26.3. The highest BCUT2D eigenvalue weighted by Gasteiger charge is 2.17. The normalized spacial score (nSPS) is 10.1. The molecule has 2 amide bonds.